The fourth-order valence-electron chi connectivity index (χ4n) is 1.34. The molecule has 0 aliphatic rings. The standard InChI is InChI=1S/C11H14N4O/c1-2-10(16)8-15-13-11(12-14-15)9-6-4-3-5-7-9/h3-7,10,16H,2,8H2,1H3. The molecule has 5 nitrogen and oxygen atoms in total. The molecule has 0 amide bonds. The van der Waals surface area contributed by atoms with Crippen LogP contribution in [0.15, 0.2) is 30.3 Å². The number of benzene rings is 1. The van der Waals surface area contributed by atoms with Gasteiger partial charge in [-0.3, -0.25) is 0 Å². The van der Waals surface area contributed by atoms with Crippen LogP contribution in [0.4, 0.5) is 0 Å². The summed E-state index contributed by atoms with van der Waals surface area (Å²) in [6.07, 6.45) is 0.264. The number of hydrogen-bond acceptors (Lipinski definition) is 4. The third-order valence-corrected chi connectivity index (χ3v) is 2.33. The van der Waals surface area contributed by atoms with Crippen molar-refractivity contribution in [3.63, 3.8) is 0 Å². The zero-order valence-corrected chi connectivity index (χ0v) is 9.11. The SMILES string of the molecule is CCC(O)Cn1nnc(-c2ccccc2)n1. The van der Waals surface area contributed by atoms with Crippen LogP contribution in [0.25, 0.3) is 11.4 Å². The van der Waals surface area contributed by atoms with E-state index in [-0.39, 0.29) is 0 Å². The van der Waals surface area contributed by atoms with Crippen molar-refractivity contribution in [2.75, 3.05) is 0 Å². The molecule has 16 heavy (non-hydrogen) atoms. The summed E-state index contributed by atoms with van der Waals surface area (Å²) in [7, 11) is 0. The minimum Gasteiger partial charge on any atom is -0.391 e. The van der Waals surface area contributed by atoms with Gasteiger partial charge in [0.25, 0.3) is 0 Å². The lowest BCUT2D eigenvalue weighted by molar-refractivity contribution is 0.138. The lowest BCUT2D eigenvalue weighted by Gasteiger charge is -2.04. The van der Waals surface area contributed by atoms with Crippen molar-refractivity contribution in [2.24, 2.45) is 0 Å². The van der Waals surface area contributed by atoms with Crippen LogP contribution in [-0.4, -0.2) is 31.4 Å². The van der Waals surface area contributed by atoms with Gasteiger partial charge in [-0.1, -0.05) is 37.3 Å². The van der Waals surface area contributed by atoms with Crippen LogP contribution in [0, 0.1) is 0 Å². The highest BCUT2D eigenvalue weighted by Crippen LogP contribution is 2.11. The van der Waals surface area contributed by atoms with Crippen LogP contribution in [-0.2, 0) is 6.54 Å². The van der Waals surface area contributed by atoms with Gasteiger partial charge in [0.15, 0.2) is 0 Å². The molecule has 0 radical (unpaired) electrons. The molecule has 1 aromatic heterocycles. The van der Waals surface area contributed by atoms with E-state index < -0.39 is 6.10 Å². The van der Waals surface area contributed by atoms with Crippen LogP contribution in [0.3, 0.4) is 0 Å². The van der Waals surface area contributed by atoms with Gasteiger partial charge < -0.3 is 5.11 Å². The third kappa shape index (κ3) is 2.43. The predicted molar refractivity (Wildman–Crippen MR) is 59.6 cm³/mol. The van der Waals surface area contributed by atoms with Crippen molar-refractivity contribution >= 4 is 0 Å². The normalized spacial score (nSPS) is 12.6. The van der Waals surface area contributed by atoms with E-state index in [2.05, 4.69) is 15.4 Å². The third-order valence-electron chi connectivity index (χ3n) is 2.33. The minimum absolute atomic E-state index is 0.385. The Kier molecular flexibility index (Phi) is 3.26. The number of hydrogen-bond donors (Lipinski definition) is 1. The Morgan fingerprint density at radius 3 is 2.75 bits per heavy atom. The number of rotatable bonds is 4. The number of aromatic nitrogens is 4. The van der Waals surface area contributed by atoms with E-state index in [1.165, 1.54) is 4.80 Å². The minimum atomic E-state index is -0.419. The summed E-state index contributed by atoms with van der Waals surface area (Å²) in [4.78, 5) is 1.43. The van der Waals surface area contributed by atoms with E-state index in [1.807, 2.05) is 37.3 Å². The summed E-state index contributed by atoms with van der Waals surface area (Å²) < 4.78 is 0. The molecule has 2 aromatic rings. The van der Waals surface area contributed by atoms with Crippen LogP contribution in [0.1, 0.15) is 13.3 Å². The lowest BCUT2D eigenvalue weighted by atomic mass is 10.2. The van der Waals surface area contributed by atoms with E-state index in [0.717, 1.165) is 5.56 Å². The molecule has 0 bridgehead atoms. The fraction of sp³-hybridized carbons (Fsp3) is 0.364. The van der Waals surface area contributed by atoms with Gasteiger partial charge in [0, 0.05) is 5.56 Å². The number of aliphatic hydroxyl groups excluding tert-OH is 1. The molecule has 1 atom stereocenters. The Hall–Kier alpha value is -1.75. The van der Waals surface area contributed by atoms with Gasteiger partial charge in [-0.25, -0.2) is 0 Å². The summed E-state index contributed by atoms with van der Waals surface area (Å²) in [5.41, 5.74) is 0.930. The Labute approximate surface area is 93.7 Å². The van der Waals surface area contributed by atoms with Crippen molar-refractivity contribution in [3.8, 4) is 11.4 Å². The second kappa shape index (κ2) is 4.85. The Balaban J connectivity index is 2.14. The van der Waals surface area contributed by atoms with E-state index in [1.54, 1.807) is 0 Å². The van der Waals surface area contributed by atoms with Crippen molar-refractivity contribution < 1.29 is 5.11 Å². The Morgan fingerprint density at radius 1 is 1.31 bits per heavy atom. The molecule has 0 fully saturated rings. The molecule has 0 spiro atoms. The molecule has 0 aliphatic heterocycles. The summed E-state index contributed by atoms with van der Waals surface area (Å²) >= 11 is 0. The van der Waals surface area contributed by atoms with Gasteiger partial charge in [-0.2, -0.15) is 4.80 Å². The molecule has 1 aromatic carbocycles. The maximum Gasteiger partial charge on any atom is 0.204 e. The monoisotopic (exact) mass is 218 g/mol. The second-order valence-corrected chi connectivity index (χ2v) is 3.60. The first kappa shape index (κ1) is 10.8. The van der Waals surface area contributed by atoms with Crippen LogP contribution in [0.2, 0.25) is 0 Å². The van der Waals surface area contributed by atoms with E-state index in [4.69, 9.17) is 0 Å². The van der Waals surface area contributed by atoms with Crippen LogP contribution >= 0.6 is 0 Å². The van der Waals surface area contributed by atoms with E-state index in [0.29, 0.717) is 18.8 Å². The van der Waals surface area contributed by atoms with Crippen molar-refractivity contribution in [2.45, 2.75) is 26.0 Å². The van der Waals surface area contributed by atoms with Gasteiger partial charge in [-0.15, -0.1) is 10.2 Å². The molecule has 1 N–H and O–H groups in total. The van der Waals surface area contributed by atoms with Crippen molar-refractivity contribution in [1.29, 1.82) is 0 Å². The topological polar surface area (TPSA) is 63.8 Å². The number of aliphatic hydroxyl groups is 1. The summed E-state index contributed by atoms with van der Waals surface area (Å²) in [6.45, 7) is 2.30. The predicted octanol–water partition coefficient (Wildman–Crippen LogP) is 1.11. The van der Waals surface area contributed by atoms with Gasteiger partial charge in [0.2, 0.25) is 5.82 Å². The zero-order valence-electron chi connectivity index (χ0n) is 9.11. The molecule has 5 heteroatoms. The maximum atomic E-state index is 9.46. The maximum absolute atomic E-state index is 9.46. The highest BCUT2D eigenvalue weighted by Gasteiger charge is 2.08. The number of nitrogens with zero attached hydrogens (tertiary/aromatic N) is 4. The summed E-state index contributed by atoms with van der Waals surface area (Å²) in [5.74, 6) is 0.587. The molecule has 1 unspecified atom stereocenters. The highest BCUT2D eigenvalue weighted by atomic mass is 16.3. The van der Waals surface area contributed by atoms with E-state index in [9.17, 15) is 5.11 Å². The van der Waals surface area contributed by atoms with Crippen LogP contribution < -0.4 is 0 Å². The van der Waals surface area contributed by atoms with Gasteiger partial charge in [0.05, 0.1) is 12.6 Å². The number of tetrazole rings is 1. The van der Waals surface area contributed by atoms with Gasteiger partial charge in [-0.05, 0) is 11.6 Å². The molecular weight excluding hydrogens is 204 g/mol. The summed E-state index contributed by atoms with van der Waals surface area (Å²) in [6, 6.07) is 9.65. The largest absolute Gasteiger partial charge is 0.391 e. The highest BCUT2D eigenvalue weighted by molar-refractivity contribution is 5.52. The molecular formula is C11H14N4O. The summed E-state index contributed by atoms with van der Waals surface area (Å²) in [5, 5.41) is 21.5. The van der Waals surface area contributed by atoms with E-state index >= 15 is 0 Å². The Morgan fingerprint density at radius 2 is 2.06 bits per heavy atom. The molecule has 84 valence electrons. The average Bonchev–Trinajstić information content (AvgIpc) is 2.78. The zero-order chi connectivity index (χ0) is 11.4. The molecule has 1 heterocycles. The van der Waals surface area contributed by atoms with Crippen molar-refractivity contribution in [1.82, 2.24) is 20.2 Å². The second-order valence-electron chi connectivity index (χ2n) is 3.60. The van der Waals surface area contributed by atoms with Gasteiger partial charge >= 0.3 is 0 Å². The van der Waals surface area contributed by atoms with Crippen molar-refractivity contribution in [3.05, 3.63) is 30.3 Å². The Bertz CT molecular complexity index is 440. The lowest BCUT2D eigenvalue weighted by Crippen LogP contribution is -2.16. The molecule has 0 saturated carbocycles. The first-order valence-corrected chi connectivity index (χ1v) is 5.31. The molecule has 2 rings (SSSR count). The van der Waals surface area contributed by atoms with Gasteiger partial charge in [0.1, 0.15) is 0 Å². The quantitative estimate of drug-likeness (QED) is 0.835. The average molecular weight is 218 g/mol. The first-order chi connectivity index (χ1) is 7.79. The first-order valence-electron chi connectivity index (χ1n) is 5.31. The molecule has 0 saturated heterocycles. The molecule has 0 aliphatic carbocycles. The van der Waals surface area contributed by atoms with Crippen LogP contribution in [0.5, 0.6) is 0 Å². The fourth-order valence-corrected chi connectivity index (χ4v) is 1.34. The smallest absolute Gasteiger partial charge is 0.204 e.